The maximum atomic E-state index is 12.3. The van der Waals surface area contributed by atoms with Crippen molar-refractivity contribution < 1.29 is 13.3 Å². The second kappa shape index (κ2) is 7.72. The van der Waals surface area contributed by atoms with E-state index in [4.69, 9.17) is 11.6 Å². The Bertz CT molecular complexity index is 1070. The largest absolute Gasteiger partial charge is 0.269 e. The Kier molecular flexibility index (Phi) is 5.38. The fraction of sp³-hybridized carbons (Fsp3) is 0.125. The van der Waals surface area contributed by atoms with Crippen molar-refractivity contribution in [2.75, 3.05) is 4.72 Å². The summed E-state index contributed by atoms with van der Waals surface area (Å²) in [5.74, 6) is -0.505. The van der Waals surface area contributed by atoms with Crippen LogP contribution in [-0.2, 0) is 22.3 Å². The molecule has 1 heterocycles. The molecule has 3 aromatic rings. The van der Waals surface area contributed by atoms with Crippen molar-refractivity contribution in [2.45, 2.75) is 12.3 Å². The number of hydrogen-bond acceptors (Lipinski definition) is 6. The average Bonchev–Trinajstić information content (AvgIpc) is 3.02. The van der Waals surface area contributed by atoms with Crippen molar-refractivity contribution in [1.29, 1.82) is 0 Å². The number of nitrogens with one attached hydrogen (secondary N) is 1. The van der Waals surface area contributed by atoms with E-state index in [1.54, 1.807) is 12.1 Å². The van der Waals surface area contributed by atoms with Gasteiger partial charge < -0.3 is 0 Å². The third-order valence-electron chi connectivity index (χ3n) is 3.52. The number of nitrogens with zero attached hydrogens (tertiary/aromatic N) is 4. The van der Waals surface area contributed by atoms with Gasteiger partial charge in [-0.1, -0.05) is 35.9 Å². The van der Waals surface area contributed by atoms with Crippen LogP contribution in [0.3, 0.4) is 0 Å². The smallest absolute Gasteiger partial charge is 0.258 e. The van der Waals surface area contributed by atoms with E-state index in [0.29, 0.717) is 11.6 Å². The predicted molar refractivity (Wildman–Crippen MR) is 99.9 cm³/mol. The van der Waals surface area contributed by atoms with Crippen LogP contribution in [-0.4, -0.2) is 28.1 Å². The summed E-state index contributed by atoms with van der Waals surface area (Å²) in [6.45, 7) is 0.400. The van der Waals surface area contributed by atoms with E-state index >= 15 is 0 Å². The van der Waals surface area contributed by atoms with Gasteiger partial charge in [0.15, 0.2) is 0 Å². The van der Waals surface area contributed by atoms with Crippen molar-refractivity contribution in [2.24, 2.45) is 0 Å². The molecule has 0 atom stereocenters. The van der Waals surface area contributed by atoms with Crippen molar-refractivity contribution in [3.8, 4) is 0 Å². The van der Waals surface area contributed by atoms with Gasteiger partial charge in [-0.3, -0.25) is 10.1 Å². The van der Waals surface area contributed by atoms with Gasteiger partial charge in [-0.05, 0) is 23.3 Å². The molecule has 0 aliphatic carbocycles. The minimum Gasteiger partial charge on any atom is -0.258 e. The molecule has 0 spiro atoms. The second-order valence-electron chi connectivity index (χ2n) is 5.68. The van der Waals surface area contributed by atoms with Crippen LogP contribution in [0.1, 0.15) is 11.1 Å². The highest BCUT2D eigenvalue weighted by Crippen LogP contribution is 2.16. The van der Waals surface area contributed by atoms with Gasteiger partial charge >= 0.3 is 0 Å². The molecule has 2 aromatic carbocycles. The predicted octanol–water partition coefficient (Wildman–Crippen LogP) is 2.83. The standard InChI is InChI=1S/C16H14ClN5O4S/c17-14-6-4-12(5-7-14)9-21-11-18-16(19-21)20-27(25,26)10-13-2-1-3-15(8-13)22(23)24/h1-8,11H,9-10H2,(H,19,20). The molecule has 11 heteroatoms. The number of nitro groups is 1. The highest BCUT2D eigenvalue weighted by Gasteiger charge is 2.16. The zero-order chi connectivity index (χ0) is 19.4. The third-order valence-corrected chi connectivity index (χ3v) is 4.98. The van der Waals surface area contributed by atoms with Crippen LogP contribution < -0.4 is 4.72 Å². The van der Waals surface area contributed by atoms with Gasteiger partial charge in [0.05, 0.1) is 17.2 Å². The summed E-state index contributed by atoms with van der Waals surface area (Å²) < 4.78 is 28.3. The molecule has 0 saturated heterocycles. The lowest BCUT2D eigenvalue weighted by atomic mass is 10.2. The van der Waals surface area contributed by atoms with Gasteiger partial charge in [0.25, 0.3) is 11.6 Å². The summed E-state index contributed by atoms with van der Waals surface area (Å²) in [6.07, 6.45) is 1.40. The molecular weight excluding hydrogens is 394 g/mol. The number of aromatic nitrogens is 3. The van der Waals surface area contributed by atoms with Gasteiger partial charge in [-0.2, -0.15) is 4.98 Å². The molecule has 0 amide bonds. The lowest BCUT2D eigenvalue weighted by Gasteiger charge is -2.05. The lowest BCUT2D eigenvalue weighted by molar-refractivity contribution is -0.384. The first-order valence-corrected chi connectivity index (χ1v) is 9.71. The number of benzene rings is 2. The van der Waals surface area contributed by atoms with Gasteiger partial charge in [0.2, 0.25) is 10.0 Å². The summed E-state index contributed by atoms with van der Waals surface area (Å²) in [6, 6.07) is 12.6. The number of halogens is 1. The number of sulfonamides is 1. The molecule has 0 fully saturated rings. The number of rotatable bonds is 7. The zero-order valence-electron chi connectivity index (χ0n) is 13.8. The average molecular weight is 408 g/mol. The maximum absolute atomic E-state index is 12.3. The quantitative estimate of drug-likeness (QED) is 0.475. The van der Waals surface area contributed by atoms with Gasteiger partial charge in [0.1, 0.15) is 6.33 Å². The highest BCUT2D eigenvalue weighted by molar-refractivity contribution is 7.91. The number of anilines is 1. The van der Waals surface area contributed by atoms with E-state index in [1.165, 1.54) is 35.3 Å². The molecule has 1 N–H and O–H groups in total. The van der Waals surface area contributed by atoms with Crippen molar-refractivity contribution >= 4 is 33.3 Å². The Labute approximate surface area is 159 Å². The first kappa shape index (κ1) is 18.8. The molecule has 0 aliphatic rings. The van der Waals surface area contributed by atoms with E-state index in [1.807, 2.05) is 12.1 Å². The molecule has 0 bridgehead atoms. The van der Waals surface area contributed by atoms with Crippen LogP contribution in [0.2, 0.25) is 5.02 Å². The summed E-state index contributed by atoms with van der Waals surface area (Å²) >= 11 is 5.84. The van der Waals surface area contributed by atoms with E-state index in [0.717, 1.165) is 5.56 Å². The SMILES string of the molecule is O=[N+]([O-])c1cccc(CS(=O)(=O)Nc2ncn(Cc3ccc(Cl)cc3)n2)c1. The Morgan fingerprint density at radius 3 is 2.59 bits per heavy atom. The van der Waals surface area contributed by atoms with Crippen LogP contribution in [0.5, 0.6) is 0 Å². The molecule has 9 nitrogen and oxygen atoms in total. The van der Waals surface area contributed by atoms with Crippen molar-refractivity contribution in [1.82, 2.24) is 14.8 Å². The Morgan fingerprint density at radius 1 is 1.15 bits per heavy atom. The van der Waals surface area contributed by atoms with Gasteiger partial charge in [-0.15, -0.1) is 5.10 Å². The summed E-state index contributed by atoms with van der Waals surface area (Å²) in [5, 5.41) is 15.5. The molecule has 0 saturated carbocycles. The Morgan fingerprint density at radius 2 is 1.89 bits per heavy atom. The minimum atomic E-state index is -3.82. The first-order valence-electron chi connectivity index (χ1n) is 7.68. The van der Waals surface area contributed by atoms with Crippen LogP contribution in [0.4, 0.5) is 11.6 Å². The van der Waals surface area contributed by atoms with Crippen LogP contribution in [0.15, 0.2) is 54.9 Å². The molecule has 0 aliphatic heterocycles. The maximum Gasteiger partial charge on any atom is 0.269 e. The zero-order valence-corrected chi connectivity index (χ0v) is 15.4. The van der Waals surface area contributed by atoms with E-state index in [-0.39, 0.29) is 17.2 Å². The molecule has 3 rings (SSSR count). The summed E-state index contributed by atoms with van der Waals surface area (Å²) in [4.78, 5) is 14.1. The third kappa shape index (κ3) is 5.25. The van der Waals surface area contributed by atoms with Gasteiger partial charge in [-0.25, -0.2) is 17.8 Å². The van der Waals surface area contributed by atoms with Crippen molar-refractivity contribution in [3.05, 3.63) is 81.1 Å². The van der Waals surface area contributed by atoms with Crippen LogP contribution in [0.25, 0.3) is 0 Å². The minimum absolute atomic E-state index is 0.0746. The monoisotopic (exact) mass is 407 g/mol. The first-order chi connectivity index (χ1) is 12.8. The topological polar surface area (TPSA) is 120 Å². The fourth-order valence-corrected chi connectivity index (χ4v) is 3.54. The van der Waals surface area contributed by atoms with Crippen LogP contribution in [0, 0.1) is 10.1 Å². The molecule has 1 aromatic heterocycles. The molecular formula is C16H14ClN5O4S. The highest BCUT2D eigenvalue weighted by atomic mass is 35.5. The normalized spacial score (nSPS) is 11.3. The lowest BCUT2D eigenvalue weighted by Crippen LogP contribution is -2.16. The number of non-ortho nitro benzene ring substituents is 1. The van der Waals surface area contributed by atoms with E-state index in [2.05, 4.69) is 14.8 Å². The number of hydrogen-bond donors (Lipinski definition) is 1. The molecule has 27 heavy (non-hydrogen) atoms. The van der Waals surface area contributed by atoms with E-state index in [9.17, 15) is 18.5 Å². The van der Waals surface area contributed by atoms with Crippen LogP contribution >= 0.6 is 11.6 Å². The second-order valence-corrected chi connectivity index (χ2v) is 7.84. The Balaban J connectivity index is 1.67. The molecule has 0 radical (unpaired) electrons. The number of nitro benzene ring substituents is 1. The van der Waals surface area contributed by atoms with Gasteiger partial charge in [0, 0.05) is 17.2 Å². The fourth-order valence-electron chi connectivity index (χ4n) is 2.35. The molecule has 0 unspecified atom stereocenters. The summed E-state index contributed by atoms with van der Waals surface area (Å²) in [5.41, 5.74) is 1.04. The van der Waals surface area contributed by atoms with E-state index < -0.39 is 20.7 Å². The Hall–Kier alpha value is -2.98. The van der Waals surface area contributed by atoms with Crippen molar-refractivity contribution in [3.63, 3.8) is 0 Å². The molecule has 140 valence electrons. The summed E-state index contributed by atoms with van der Waals surface area (Å²) in [7, 11) is -3.82.